The SMILES string of the molecule is CC1CC(NCc2ccccc2C(F)(F)F)CC(C)(C)C1. The normalized spacial score (nSPS) is 25.8. The molecular weight excluding hydrogens is 275 g/mol. The van der Waals surface area contributed by atoms with Crippen LogP contribution in [0.15, 0.2) is 24.3 Å². The van der Waals surface area contributed by atoms with Gasteiger partial charge in [0.1, 0.15) is 0 Å². The summed E-state index contributed by atoms with van der Waals surface area (Å²) in [5.41, 5.74) is 0.0699. The van der Waals surface area contributed by atoms with Crippen molar-refractivity contribution >= 4 is 0 Å². The first-order chi connectivity index (χ1) is 9.67. The molecule has 0 saturated heterocycles. The van der Waals surface area contributed by atoms with E-state index in [9.17, 15) is 13.2 Å². The number of halogens is 3. The van der Waals surface area contributed by atoms with Crippen LogP contribution in [0.2, 0.25) is 0 Å². The fraction of sp³-hybridized carbons (Fsp3) is 0.647. The molecule has 4 heteroatoms. The highest BCUT2D eigenvalue weighted by Gasteiger charge is 2.34. The van der Waals surface area contributed by atoms with E-state index in [0.717, 1.165) is 18.9 Å². The van der Waals surface area contributed by atoms with Crippen LogP contribution >= 0.6 is 0 Å². The smallest absolute Gasteiger partial charge is 0.310 e. The Morgan fingerprint density at radius 2 is 1.86 bits per heavy atom. The van der Waals surface area contributed by atoms with E-state index in [-0.39, 0.29) is 12.0 Å². The second-order valence-corrected chi connectivity index (χ2v) is 7.15. The number of nitrogens with one attached hydrogen (secondary N) is 1. The van der Waals surface area contributed by atoms with E-state index in [1.54, 1.807) is 12.1 Å². The molecule has 2 rings (SSSR count). The van der Waals surface area contributed by atoms with Crippen LogP contribution in [0.3, 0.4) is 0 Å². The van der Waals surface area contributed by atoms with Gasteiger partial charge in [-0.2, -0.15) is 13.2 Å². The highest BCUT2D eigenvalue weighted by molar-refractivity contribution is 5.29. The summed E-state index contributed by atoms with van der Waals surface area (Å²) < 4.78 is 38.9. The van der Waals surface area contributed by atoms with Gasteiger partial charge >= 0.3 is 6.18 Å². The number of hydrogen-bond acceptors (Lipinski definition) is 1. The lowest BCUT2D eigenvalue weighted by molar-refractivity contribution is -0.138. The first-order valence-corrected chi connectivity index (χ1v) is 7.56. The number of benzene rings is 1. The van der Waals surface area contributed by atoms with Gasteiger partial charge in [-0.15, -0.1) is 0 Å². The van der Waals surface area contributed by atoms with Crippen LogP contribution in [0.5, 0.6) is 0 Å². The largest absolute Gasteiger partial charge is 0.416 e. The minimum absolute atomic E-state index is 0.263. The number of rotatable bonds is 3. The molecule has 0 radical (unpaired) electrons. The minimum atomic E-state index is -4.28. The first kappa shape index (κ1) is 16.3. The Kier molecular flexibility index (Phi) is 4.66. The van der Waals surface area contributed by atoms with Crippen molar-refractivity contribution in [3.63, 3.8) is 0 Å². The molecule has 1 fully saturated rings. The van der Waals surface area contributed by atoms with Crippen LogP contribution in [-0.2, 0) is 12.7 Å². The van der Waals surface area contributed by atoms with Crippen molar-refractivity contribution in [2.75, 3.05) is 0 Å². The van der Waals surface area contributed by atoms with Gasteiger partial charge in [-0.3, -0.25) is 0 Å². The molecule has 0 spiro atoms. The summed E-state index contributed by atoms with van der Waals surface area (Å²) in [5.74, 6) is 0.615. The first-order valence-electron chi connectivity index (χ1n) is 7.56. The number of hydrogen-bond donors (Lipinski definition) is 1. The van der Waals surface area contributed by atoms with E-state index < -0.39 is 11.7 Å². The summed E-state index contributed by atoms with van der Waals surface area (Å²) in [7, 11) is 0. The topological polar surface area (TPSA) is 12.0 Å². The Balaban J connectivity index is 2.04. The van der Waals surface area contributed by atoms with Crippen molar-refractivity contribution in [2.24, 2.45) is 11.3 Å². The predicted molar refractivity (Wildman–Crippen MR) is 78.9 cm³/mol. The molecule has 118 valence electrons. The van der Waals surface area contributed by atoms with Gasteiger partial charge in [0.05, 0.1) is 5.56 Å². The summed E-state index contributed by atoms with van der Waals surface area (Å²) in [5, 5.41) is 3.34. The van der Waals surface area contributed by atoms with Crippen molar-refractivity contribution in [1.29, 1.82) is 0 Å². The Morgan fingerprint density at radius 1 is 1.19 bits per heavy atom. The second-order valence-electron chi connectivity index (χ2n) is 7.15. The lowest BCUT2D eigenvalue weighted by atomic mass is 9.70. The lowest BCUT2D eigenvalue weighted by Crippen LogP contribution is -2.40. The Bertz CT molecular complexity index is 479. The molecule has 0 aliphatic heterocycles. The van der Waals surface area contributed by atoms with Crippen LogP contribution in [0.25, 0.3) is 0 Å². The summed E-state index contributed by atoms with van der Waals surface area (Å²) in [6.07, 6.45) is -1.04. The van der Waals surface area contributed by atoms with E-state index in [1.807, 2.05) is 0 Å². The van der Waals surface area contributed by atoms with E-state index in [0.29, 0.717) is 17.5 Å². The van der Waals surface area contributed by atoms with E-state index >= 15 is 0 Å². The highest BCUT2D eigenvalue weighted by Crippen LogP contribution is 2.39. The summed E-state index contributed by atoms with van der Waals surface area (Å²) in [6, 6.07) is 6.13. The molecular formula is C17H24F3N. The van der Waals surface area contributed by atoms with Gasteiger partial charge in [0, 0.05) is 12.6 Å². The zero-order valence-electron chi connectivity index (χ0n) is 12.9. The standard InChI is InChI=1S/C17H24F3N/c1-12-8-14(10-16(2,3)9-12)21-11-13-6-4-5-7-15(13)17(18,19)20/h4-7,12,14,21H,8-11H2,1-3H3. The van der Waals surface area contributed by atoms with Crippen molar-refractivity contribution in [1.82, 2.24) is 5.32 Å². The molecule has 0 aromatic heterocycles. The molecule has 0 bridgehead atoms. The molecule has 1 N–H and O–H groups in total. The van der Waals surface area contributed by atoms with E-state index in [2.05, 4.69) is 26.1 Å². The second kappa shape index (κ2) is 5.99. The van der Waals surface area contributed by atoms with Gasteiger partial charge in [-0.05, 0) is 42.2 Å². The highest BCUT2D eigenvalue weighted by atomic mass is 19.4. The van der Waals surface area contributed by atoms with Crippen LogP contribution in [0.1, 0.15) is 51.2 Å². The third kappa shape index (κ3) is 4.47. The van der Waals surface area contributed by atoms with Crippen LogP contribution in [0.4, 0.5) is 13.2 Å². The maximum absolute atomic E-state index is 13.0. The zero-order chi connectivity index (χ0) is 15.7. The third-order valence-electron chi connectivity index (χ3n) is 4.29. The van der Waals surface area contributed by atoms with E-state index in [1.165, 1.54) is 12.5 Å². The molecule has 1 aliphatic rings. The van der Waals surface area contributed by atoms with Crippen molar-refractivity contribution in [3.8, 4) is 0 Å². The average Bonchev–Trinajstić information content (AvgIpc) is 2.33. The molecule has 0 amide bonds. The van der Waals surface area contributed by atoms with Crippen molar-refractivity contribution in [3.05, 3.63) is 35.4 Å². The molecule has 1 aromatic carbocycles. The molecule has 1 aliphatic carbocycles. The molecule has 1 nitrogen and oxygen atoms in total. The van der Waals surface area contributed by atoms with Gasteiger partial charge < -0.3 is 5.32 Å². The quantitative estimate of drug-likeness (QED) is 0.827. The van der Waals surface area contributed by atoms with Gasteiger partial charge in [0.15, 0.2) is 0 Å². The fourth-order valence-electron chi connectivity index (χ4n) is 3.71. The van der Waals surface area contributed by atoms with Gasteiger partial charge in [0.25, 0.3) is 0 Å². The predicted octanol–water partition coefficient (Wildman–Crippen LogP) is 5.01. The maximum atomic E-state index is 13.0. The number of alkyl halides is 3. The fourth-order valence-corrected chi connectivity index (χ4v) is 3.71. The van der Waals surface area contributed by atoms with Crippen molar-refractivity contribution < 1.29 is 13.2 Å². The summed E-state index contributed by atoms with van der Waals surface area (Å²) >= 11 is 0. The van der Waals surface area contributed by atoms with Gasteiger partial charge in [-0.1, -0.05) is 39.0 Å². The van der Waals surface area contributed by atoms with Gasteiger partial charge in [-0.25, -0.2) is 0 Å². The molecule has 1 aromatic rings. The molecule has 1 saturated carbocycles. The minimum Gasteiger partial charge on any atom is -0.310 e. The van der Waals surface area contributed by atoms with E-state index in [4.69, 9.17) is 0 Å². The van der Waals surface area contributed by atoms with Crippen LogP contribution < -0.4 is 5.32 Å². The molecule has 21 heavy (non-hydrogen) atoms. The Hall–Kier alpha value is -1.03. The van der Waals surface area contributed by atoms with Gasteiger partial charge in [0.2, 0.25) is 0 Å². The maximum Gasteiger partial charge on any atom is 0.416 e. The lowest BCUT2D eigenvalue weighted by Gasteiger charge is -2.39. The Morgan fingerprint density at radius 3 is 2.48 bits per heavy atom. The summed E-state index contributed by atoms with van der Waals surface area (Å²) in [6.45, 7) is 6.98. The molecule has 2 atom stereocenters. The van der Waals surface area contributed by atoms with Crippen molar-refractivity contribution in [2.45, 2.75) is 58.8 Å². The van der Waals surface area contributed by atoms with Crippen LogP contribution in [-0.4, -0.2) is 6.04 Å². The third-order valence-corrected chi connectivity index (χ3v) is 4.29. The summed E-state index contributed by atoms with van der Waals surface area (Å²) in [4.78, 5) is 0. The average molecular weight is 299 g/mol. The zero-order valence-corrected chi connectivity index (χ0v) is 12.9. The van der Waals surface area contributed by atoms with Crippen LogP contribution in [0, 0.1) is 11.3 Å². The monoisotopic (exact) mass is 299 g/mol. The Labute approximate surface area is 124 Å². The molecule has 2 unspecified atom stereocenters. The molecule has 0 heterocycles.